The van der Waals surface area contributed by atoms with Gasteiger partial charge < -0.3 is 10.3 Å². The summed E-state index contributed by atoms with van der Waals surface area (Å²) in [6, 6.07) is 6.48. The van der Waals surface area contributed by atoms with Gasteiger partial charge in [-0.05, 0) is 45.1 Å². The first-order valence-corrected chi connectivity index (χ1v) is 7.14. The highest BCUT2D eigenvalue weighted by Gasteiger charge is 2.43. The number of rotatable bonds is 4. The SMILES string of the molecule is Cc1cc(C)cc(Cc2noc(C(C)(N)C3CC3)n2)c1. The number of aromatic nitrogens is 2. The van der Waals surface area contributed by atoms with E-state index in [1.807, 2.05) is 6.92 Å². The molecule has 1 heterocycles. The van der Waals surface area contributed by atoms with Gasteiger partial charge in [0.25, 0.3) is 0 Å². The van der Waals surface area contributed by atoms with Crippen LogP contribution in [0.3, 0.4) is 0 Å². The third-order valence-electron chi connectivity index (χ3n) is 4.00. The summed E-state index contributed by atoms with van der Waals surface area (Å²) >= 11 is 0. The van der Waals surface area contributed by atoms with Gasteiger partial charge in [-0.15, -0.1) is 0 Å². The quantitative estimate of drug-likeness (QED) is 0.928. The second-order valence-corrected chi connectivity index (χ2v) is 6.25. The van der Waals surface area contributed by atoms with Crippen LogP contribution in [0, 0.1) is 19.8 Å². The molecule has 0 aliphatic heterocycles. The van der Waals surface area contributed by atoms with Gasteiger partial charge in [-0.1, -0.05) is 34.5 Å². The summed E-state index contributed by atoms with van der Waals surface area (Å²) in [6.07, 6.45) is 3.00. The number of hydrogen-bond acceptors (Lipinski definition) is 4. The number of aryl methyl sites for hydroxylation is 2. The zero-order valence-corrected chi connectivity index (χ0v) is 12.3. The molecule has 1 aromatic heterocycles. The highest BCUT2D eigenvalue weighted by Crippen LogP contribution is 2.43. The molecule has 20 heavy (non-hydrogen) atoms. The van der Waals surface area contributed by atoms with Crippen molar-refractivity contribution in [3.63, 3.8) is 0 Å². The minimum absolute atomic E-state index is 0.478. The molecule has 0 saturated heterocycles. The Kier molecular flexibility index (Phi) is 3.13. The minimum atomic E-state index is -0.478. The van der Waals surface area contributed by atoms with Crippen molar-refractivity contribution in [2.75, 3.05) is 0 Å². The van der Waals surface area contributed by atoms with Gasteiger partial charge in [0.05, 0.1) is 5.54 Å². The fourth-order valence-corrected chi connectivity index (χ4v) is 2.76. The van der Waals surface area contributed by atoms with E-state index in [0.717, 1.165) is 12.8 Å². The lowest BCUT2D eigenvalue weighted by molar-refractivity contribution is 0.272. The lowest BCUT2D eigenvalue weighted by atomic mass is 9.97. The van der Waals surface area contributed by atoms with Crippen molar-refractivity contribution in [3.05, 3.63) is 46.6 Å². The number of benzene rings is 1. The van der Waals surface area contributed by atoms with Crippen molar-refractivity contribution >= 4 is 0 Å². The molecular formula is C16H21N3O. The van der Waals surface area contributed by atoms with E-state index in [1.54, 1.807) is 0 Å². The first-order valence-electron chi connectivity index (χ1n) is 7.14. The van der Waals surface area contributed by atoms with Gasteiger partial charge >= 0.3 is 0 Å². The van der Waals surface area contributed by atoms with E-state index in [2.05, 4.69) is 42.2 Å². The van der Waals surface area contributed by atoms with Crippen LogP contribution in [-0.4, -0.2) is 10.1 Å². The van der Waals surface area contributed by atoms with Gasteiger partial charge in [-0.25, -0.2) is 0 Å². The molecule has 0 amide bonds. The van der Waals surface area contributed by atoms with Crippen LogP contribution in [0.15, 0.2) is 22.7 Å². The van der Waals surface area contributed by atoms with Gasteiger partial charge in [-0.3, -0.25) is 0 Å². The van der Waals surface area contributed by atoms with Crippen molar-refractivity contribution < 1.29 is 4.52 Å². The third kappa shape index (κ3) is 2.61. The van der Waals surface area contributed by atoms with Gasteiger partial charge in [0.1, 0.15) is 0 Å². The zero-order chi connectivity index (χ0) is 14.3. The van der Waals surface area contributed by atoms with E-state index in [4.69, 9.17) is 10.3 Å². The summed E-state index contributed by atoms with van der Waals surface area (Å²) in [7, 11) is 0. The predicted octanol–water partition coefficient (Wildman–Crippen LogP) is 2.86. The van der Waals surface area contributed by atoms with Crippen molar-refractivity contribution in [1.29, 1.82) is 0 Å². The molecule has 1 atom stereocenters. The first-order chi connectivity index (χ1) is 9.45. The largest absolute Gasteiger partial charge is 0.337 e. The van der Waals surface area contributed by atoms with Crippen LogP contribution in [0.25, 0.3) is 0 Å². The number of hydrogen-bond donors (Lipinski definition) is 1. The molecule has 106 valence electrons. The van der Waals surface area contributed by atoms with Crippen molar-refractivity contribution in [1.82, 2.24) is 10.1 Å². The Morgan fingerprint density at radius 2 is 1.90 bits per heavy atom. The Morgan fingerprint density at radius 1 is 1.25 bits per heavy atom. The molecule has 0 spiro atoms. The molecule has 1 saturated carbocycles. The van der Waals surface area contributed by atoms with Gasteiger partial charge in [0.2, 0.25) is 5.89 Å². The number of nitrogens with two attached hydrogens (primary N) is 1. The van der Waals surface area contributed by atoms with E-state index in [1.165, 1.54) is 16.7 Å². The summed E-state index contributed by atoms with van der Waals surface area (Å²) in [5.74, 6) is 1.76. The second kappa shape index (κ2) is 4.70. The Hall–Kier alpha value is -1.68. The molecule has 1 aliphatic carbocycles. The van der Waals surface area contributed by atoms with Crippen LogP contribution >= 0.6 is 0 Å². The minimum Gasteiger partial charge on any atom is -0.337 e. The average Bonchev–Trinajstić information content (AvgIpc) is 3.10. The Morgan fingerprint density at radius 3 is 2.50 bits per heavy atom. The standard InChI is InChI=1S/C16H21N3O/c1-10-6-11(2)8-12(7-10)9-14-18-15(20-19-14)16(3,17)13-4-5-13/h6-8,13H,4-5,9,17H2,1-3H3. The molecule has 1 unspecified atom stereocenters. The fraction of sp³-hybridized carbons (Fsp3) is 0.500. The summed E-state index contributed by atoms with van der Waals surface area (Å²) in [5.41, 5.74) is 9.54. The van der Waals surface area contributed by atoms with E-state index in [9.17, 15) is 0 Å². The van der Waals surface area contributed by atoms with Crippen molar-refractivity contribution in [2.24, 2.45) is 11.7 Å². The van der Waals surface area contributed by atoms with Crippen LogP contribution in [-0.2, 0) is 12.0 Å². The van der Waals surface area contributed by atoms with E-state index < -0.39 is 5.54 Å². The molecule has 1 aliphatic rings. The third-order valence-corrected chi connectivity index (χ3v) is 4.00. The van der Waals surface area contributed by atoms with Gasteiger partial charge in [0.15, 0.2) is 5.82 Å². The van der Waals surface area contributed by atoms with E-state index in [0.29, 0.717) is 24.1 Å². The molecule has 4 nitrogen and oxygen atoms in total. The summed E-state index contributed by atoms with van der Waals surface area (Å²) in [6.45, 7) is 6.18. The molecule has 0 radical (unpaired) electrons. The summed E-state index contributed by atoms with van der Waals surface area (Å²) in [5, 5.41) is 4.08. The molecule has 0 bridgehead atoms. The zero-order valence-electron chi connectivity index (χ0n) is 12.3. The molecule has 1 aromatic carbocycles. The molecule has 2 N–H and O–H groups in total. The molecular weight excluding hydrogens is 250 g/mol. The molecule has 2 aromatic rings. The van der Waals surface area contributed by atoms with Crippen LogP contribution in [0.2, 0.25) is 0 Å². The number of nitrogens with zero attached hydrogens (tertiary/aromatic N) is 2. The highest BCUT2D eigenvalue weighted by atomic mass is 16.5. The van der Waals surface area contributed by atoms with Crippen molar-refractivity contribution in [3.8, 4) is 0 Å². The fourth-order valence-electron chi connectivity index (χ4n) is 2.76. The van der Waals surface area contributed by atoms with Gasteiger partial charge in [-0.2, -0.15) is 4.98 Å². The maximum absolute atomic E-state index is 6.30. The Bertz CT molecular complexity index is 606. The second-order valence-electron chi connectivity index (χ2n) is 6.25. The monoisotopic (exact) mass is 271 g/mol. The topological polar surface area (TPSA) is 64.9 Å². The van der Waals surface area contributed by atoms with Crippen LogP contribution in [0.4, 0.5) is 0 Å². The van der Waals surface area contributed by atoms with Crippen LogP contribution < -0.4 is 5.73 Å². The Labute approximate surface area is 119 Å². The molecule has 1 fully saturated rings. The molecule has 3 rings (SSSR count). The summed E-state index contributed by atoms with van der Waals surface area (Å²) < 4.78 is 5.38. The Balaban J connectivity index is 1.80. The van der Waals surface area contributed by atoms with Gasteiger partial charge in [0, 0.05) is 6.42 Å². The lowest BCUT2D eigenvalue weighted by Crippen LogP contribution is -2.35. The molecule has 4 heteroatoms. The maximum Gasteiger partial charge on any atom is 0.246 e. The smallest absolute Gasteiger partial charge is 0.246 e. The van der Waals surface area contributed by atoms with Crippen molar-refractivity contribution in [2.45, 2.75) is 45.6 Å². The highest BCUT2D eigenvalue weighted by molar-refractivity contribution is 5.30. The lowest BCUT2D eigenvalue weighted by Gasteiger charge is -2.18. The summed E-state index contributed by atoms with van der Waals surface area (Å²) in [4.78, 5) is 4.50. The van der Waals surface area contributed by atoms with Crippen LogP contribution in [0.5, 0.6) is 0 Å². The predicted molar refractivity (Wildman–Crippen MR) is 77.3 cm³/mol. The normalized spacial score (nSPS) is 18.0. The maximum atomic E-state index is 6.30. The first kappa shape index (κ1) is 13.3. The van der Waals surface area contributed by atoms with Crippen LogP contribution in [0.1, 0.15) is 48.2 Å². The average molecular weight is 271 g/mol. The van der Waals surface area contributed by atoms with E-state index >= 15 is 0 Å². The van der Waals surface area contributed by atoms with E-state index in [-0.39, 0.29) is 0 Å².